The van der Waals surface area contributed by atoms with E-state index in [9.17, 15) is 14.9 Å². The molecule has 0 bridgehead atoms. The Balaban J connectivity index is 1.69. The van der Waals surface area contributed by atoms with Crippen molar-refractivity contribution >= 4 is 33.8 Å². The van der Waals surface area contributed by atoms with Crippen molar-refractivity contribution in [1.82, 2.24) is 4.98 Å². The Labute approximate surface area is 166 Å². The van der Waals surface area contributed by atoms with Crippen LogP contribution in [0.2, 0.25) is 0 Å². The Morgan fingerprint density at radius 2 is 1.75 bits per heavy atom. The van der Waals surface area contributed by atoms with Crippen molar-refractivity contribution in [2.45, 2.75) is 13.8 Å². The highest BCUT2D eigenvalue weighted by molar-refractivity contribution is 7.14. The zero-order chi connectivity index (χ0) is 20.1. The molecule has 7 nitrogen and oxygen atoms in total. The largest absolute Gasteiger partial charge is 0.372 e. The van der Waals surface area contributed by atoms with Crippen molar-refractivity contribution in [2.75, 3.05) is 23.3 Å². The number of nitrogens with one attached hydrogen (secondary N) is 1. The van der Waals surface area contributed by atoms with Gasteiger partial charge >= 0.3 is 0 Å². The average molecular weight is 396 g/mol. The van der Waals surface area contributed by atoms with Gasteiger partial charge in [-0.25, -0.2) is 4.98 Å². The summed E-state index contributed by atoms with van der Waals surface area (Å²) >= 11 is 1.31. The first-order valence-corrected chi connectivity index (χ1v) is 9.76. The minimum atomic E-state index is -0.442. The van der Waals surface area contributed by atoms with Crippen LogP contribution < -0.4 is 10.2 Å². The van der Waals surface area contributed by atoms with Crippen molar-refractivity contribution in [2.24, 2.45) is 0 Å². The first-order valence-electron chi connectivity index (χ1n) is 8.88. The van der Waals surface area contributed by atoms with Gasteiger partial charge in [-0.2, -0.15) is 0 Å². The Morgan fingerprint density at radius 3 is 2.32 bits per heavy atom. The number of carbonyl (C=O) groups excluding carboxylic acids is 1. The van der Waals surface area contributed by atoms with Gasteiger partial charge in [0.2, 0.25) is 0 Å². The molecule has 0 saturated carbocycles. The Bertz CT molecular complexity index is 964. The van der Waals surface area contributed by atoms with E-state index in [1.807, 2.05) is 12.1 Å². The summed E-state index contributed by atoms with van der Waals surface area (Å²) in [5, 5.41) is 15.8. The molecule has 28 heavy (non-hydrogen) atoms. The molecule has 3 rings (SSSR count). The summed E-state index contributed by atoms with van der Waals surface area (Å²) < 4.78 is 0. The Kier molecular flexibility index (Phi) is 6.00. The number of amides is 1. The zero-order valence-electron chi connectivity index (χ0n) is 15.6. The molecule has 8 heteroatoms. The lowest BCUT2D eigenvalue weighted by atomic mass is 10.1. The van der Waals surface area contributed by atoms with E-state index in [1.54, 1.807) is 29.6 Å². The summed E-state index contributed by atoms with van der Waals surface area (Å²) in [7, 11) is 0. The SMILES string of the molecule is CCN(CC)c1ccc(C(=O)Nc2nc(-c3ccc([N+](=O)[O-])cc3)cs2)cc1. The number of hydrogen-bond acceptors (Lipinski definition) is 6. The lowest BCUT2D eigenvalue weighted by Gasteiger charge is -2.20. The number of non-ortho nitro benzene ring substituents is 1. The van der Waals surface area contributed by atoms with Crippen molar-refractivity contribution in [3.8, 4) is 11.3 Å². The molecule has 0 radical (unpaired) electrons. The molecule has 0 unspecified atom stereocenters. The monoisotopic (exact) mass is 396 g/mol. The van der Waals surface area contributed by atoms with Crippen LogP contribution in [0.4, 0.5) is 16.5 Å². The fourth-order valence-electron chi connectivity index (χ4n) is 2.80. The van der Waals surface area contributed by atoms with Gasteiger partial charge in [0.1, 0.15) is 0 Å². The molecule has 1 amide bonds. The van der Waals surface area contributed by atoms with Gasteiger partial charge in [0.05, 0.1) is 10.6 Å². The second-order valence-electron chi connectivity index (χ2n) is 6.02. The molecular weight excluding hydrogens is 376 g/mol. The van der Waals surface area contributed by atoms with E-state index in [-0.39, 0.29) is 11.6 Å². The molecule has 0 atom stereocenters. The molecule has 144 valence electrons. The molecule has 1 N–H and O–H groups in total. The van der Waals surface area contributed by atoms with Crippen LogP contribution in [-0.4, -0.2) is 28.9 Å². The minimum absolute atomic E-state index is 0.0284. The van der Waals surface area contributed by atoms with Gasteiger partial charge in [-0.15, -0.1) is 11.3 Å². The number of nitrogens with zero attached hydrogens (tertiary/aromatic N) is 3. The van der Waals surface area contributed by atoms with Gasteiger partial charge in [-0.1, -0.05) is 0 Å². The van der Waals surface area contributed by atoms with E-state index in [1.165, 1.54) is 23.5 Å². The van der Waals surface area contributed by atoms with Gasteiger partial charge in [0, 0.05) is 47.4 Å². The molecule has 1 aromatic heterocycles. The highest BCUT2D eigenvalue weighted by Gasteiger charge is 2.12. The Hall–Kier alpha value is -3.26. The van der Waals surface area contributed by atoms with Gasteiger partial charge < -0.3 is 4.90 Å². The van der Waals surface area contributed by atoms with Crippen LogP contribution in [0.5, 0.6) is 0 Å². The maximum absolute atomic E-state index is 12.5. The van der Waals surface area contributed by atoms with Crippen LogP contribution in [-0.2, 0) is 0 Å². The predicted molar refractivity (Wildman–Crippen MR) is 112 cm³/mol. The van der Waals surface area contributed by atoms with Crippen molar-refractivity contribution in [3.05, 3.63) is 69.6 Å². The van der Waals surface area contributed by atoms with Crippen LogP contribution in [0.15, 0.2) is 53.9 Å². The smallest absolute Gasteiger partial charge is 0.269 e. The highest BCUT2D eigenvalue weighted by Crippen LogP contribution is 2.27. The van der Waals surface area contributed by atoms with Gasteiger partial charge in [0.25, 0.3) is 11.6 Å². The summed E-state index contributed by atoms with van der Waals surface area (Å²) in [6.45, 7) is 6.00. The van der Waals surface area contributed by atoms with E-state index in [2.05, 4.69) is 29.0 Å². The fourth-order valence-corrected chi connectivity index (χ4v) is 3.51. The van der Waals surface area contributed by atoms with Crippen molar-refractivity contribution in [1.29, 1.82) is 0 Å². The van der Waals surface area contributed by atoms with Gasteiger partial charge in [-0.05, 0) is 50.2 Å². The Morgan fingerprint density at radius 1 is 1.11 bits per heavy atom. The molecule has 0 fully saturated rings. The second kappa shape index (κ2) is 8.62. The van der Waals surface area contributed by atoms with Crippen molar-refractivity contribution in [3.63, 3.8) is 0 Å². The molecule has 1 heterocycles. The zero-order valence-corrected chi connectivity index (χ0v) is 16.4. The van der Waals surface area contributed by atoms with Gasteiger partial charge in [-0.3, -0.25) is 20.2 Å². The van der Waals surface area contributed by atoms with E-state index in [0.29, 0.717) is 16.4 Å². The summed E-state index contributed by atoms with van der Waals surface area (Å²) in [4.78, 5) is 29.4. The quantitative estimate of drug-likeness (QED) is 0.457. The average Bonchev–Trinajstić information content (AvgIpc) is 3.18. The third kappa shape index (κ3) is 4.34. The van der Waals surface area contributed by atoms with Crippen LogP contribution in [0.25, 0.3) is 11.3 Å². The number of nitro groups is 1. The number of benzene rings is 2. The lowest BCUT2D eigenvalue weighted by Crippen LogP contribution is -2.21. The van der Waals surface area contributed by atoms with Crippen molar-refractivity contribution < 1.29 is 9.72 Å². The third-order valence-electron chi connectivity index (χ3n) is 4.36. The summed E-state index contributed by atoms with van der Waals surface area (Å²) in [6.07, 6.45) is 0. The van der Waals surface area contributed by atoms with Gasteiger partial charge in [0.15, 0.2) is 5.13 Å². The highest BCUT2D eigenvalue weighted by atomic mass is 32.1. The number of hydrogen-bond donors (Lipinski definition) is 1. The van der Waals surface area contributed by atoms with E-state index < -0.39 is 4.92 Å². The molecule has 0 spiro atoms. The standard InChI is InChI=1S/C20H20N4O3S/c1-3-23(4-2)16-9-7-15(8-10-16)19(25)22-20-21-18(13-28-20)14-5-11-17(12-6-14)24(26)27/h5-13H,3-4H2,1-2H3,(H,21,22,25). The maximum atomic E-state index is 12.5. The van der Waals surface area contributed by atoms with E-state index in [0.717, 1.165) is 24.3 Å². The summed E-state index contributed by atoms with van der Waals surface area (Å²) in [6, 6.07) is 13.6. The fraction of sp³-hybridized carbons (Fsp3) is 0.200. The van der Waals surface area contributed by atoms with Crippen LogP contribution >= 0.6 is 11.3 Å². The van der Waals surface area contributed by atoms with E-state index >= 15 is 0 Å². The topological polar surface area (TPSA) is 88.4 Å². The lowest BCUT2D eigenvalue weighted by molar-refractivity contribution is -0.384. The first-order chi connectivity index (χ1) is 13.5. The molecular formula is C20H20N4O3S. The number of aromatic nitrogens is 1. The van der Waals surface area contributed by atoms with Crippen LogP contribution in [0.3, 0.4) is 0 Å². The first kappa shape index (κ1) is 19.5. The number of anilines is 2. The molecule has 2 aromatic carbocycles. The maximum Gasteiger partial charge on any atom is 0.269 e. The molecule has 0 saturated heterocycles. The molecule has 0 aliphatic carbocycles. The number of nitro benzene ring substituents is 1. The number of thiazole rings is 1. The normalized spacial score (nSPS) is 10.5. The van der Waals surface area contributed by atoms with Crippen LogP contribution in [0.1, 0.15) is 24.2 Å². The summed E-state index contributed by atoms with van der Waals surface area (Å²) in [5.41, 5.74) is 3.08. The predicted octanol–water partition coefficient (Wildman–Crippen LogP) is 4.82. The van der Waals surface area contributed by atoms with E-state index in [4.69, 9.17) is 0 Å². The third-order valence-corrected chi connectivity index (χ3v) is 5.11. The molecule has 0 aliphatic rings. The minimum Gasteiger partial charge on any atom is -0.372 e. The second-order valence-corrected chi connectivity index (χ2v) is 6.87. The summed E-state index contributed by atoms with van der Waals surface area (Å²) in [5.74, 6) is -0.226. The molecule has 3 aromatic rings. The number of carbonyl (C=O) groups is 1. The molecule has 0 aliphatic heterocycles. The number of rotatable bonds is 7. The van der Waals surface area contributed by atoms with Crippen LogP contribution in [0, 0.1) is 10.1 Å².